The average Bonchev–Trinajstić information content (AvgIpc) is 2.45. The maximum atomic E-state index is 12.1. The van der Waals surface area contributed by atoms with E-state index in [2.05, 4.69) is 5.32 Å². The fraction of sp³-hybridized carbons (Fsp3) is 0.278. The van der Waals surface area contributed by atoms with Gasteiger partial charge in [-0.1, -0.05) is 36.4 Å². The molecule has 110 valence electrons. The van der Waals surface area contributed by atoms with Gasteiger partial charge in [-0.3, -0.25) is 4.79 Å². The van der Waals surface area contributed by atoms with Crippen molar-refractivity contribution in [1.82, 2.24) is 5.32 Å². The van der Waals surface area contributed by atoms with Crippen LogP contribution in [0.1, 0.15) is 36.7 Å². The number of ether oxygens (including phenoxy) is 1. The van der Waals surface area contributed by atoms with Crippen molar-refractivity contribution in [1.29, 1.82) is 0 Å². The second-order valence-corrected chi connectivity index (χ2v) is 6.01. The minimum Gasteiger partial charge on any atom is -0.489 e. The molecule has 0 unspecified atom stereocenters. The first-order chi connectivity index (χ1) is 9.94. The summed E-state index contributed by atoms with van der Waals surface area (Å²) in [6.07, 6.45) is 0. The standard InChI is InChI=1S/C18H21NO2/c1-18(2,3)19-17(20)15-10-7-11-16(12-15)21-13-14-8-5-4-6-9-14/h4-12H,13H2,1-3H3,(H,19,20). The lowest BCUT2D eigenvalue weighted by atomic mass is 10.1. The Balaban J connectivity index is 2.02. The highest BCUT2D eigenvalue weighted by Crippen LogP contribution is 2.16. The lowest BCUT2D eigenvalue weighted by Gasteiger charge is -2.20. The first-order valence-corrected chi connectivity index (χ1v) is 7.03. The molecule has 0 saturated heterocycles. The van der Waals surface area contributed by atoms with Gasteiger partial charge in [-0.05, 0) is 44.5 Å². The average molecular weight is 283 g/mol. The molecule has 3 heteroatoms. The van der Waals surface area contributed by atoms with Gasteiger partial charge in [0.15, 0.2) is 0 Å². The molecule has 2 aromatic rings. The molecule has 0 aliphatic rings. The van der Waals surface area contributed by atoms with Crippen LogP contribution in [-0.4, -0.2) is 11.4 Å². The Morgan fingerprint density at radius 1 is 1.05 bits per heavy atom. The van der Waals surface area contributed by atoms with Gasteiger partial charge in [0.2, 0.25) is 0 Å². The van der Waals surface area contributed by atoms with Crippen LogP contribution in [0.4, 0.5) is 0 Å². The third-order valence-electron chi connectivity index (χ3n) is 2.83. The van der Waals surface area contributed by atoms with Crippen molar-refractivity contribution >= 4 is 5.91 Å². The molecular formula is C18H21NO2. The fourth-order valence-electron chi connectivity index (χ4n) is 1.88. The molecule has 3 nitrogen and oxygen atoms in total. The zero-order valence-electron chi connectivity index (χ0n) is 12.7. The third-order valence-corrected chi connectivity index (χ3v) is 2.83. The summed E-state index contributed by atoms with van der Waals surface area (Å²) in [4.78, 5) is 12.1. The molecule has 0 aromatic heterocycles. The molecular weight excluding hydrogens is 262 g/mol. The highest BCUT2D eigenvalue weighted by atomic mass is 16.5. The van der Waals surface area contributed by atoms with Crippen molar-refractivity contribution in [2.24, 2.45) is 0 Å². The molecule has 0 aliphatic heterocycles. The maximum absolute atomic E-state index is 12.1. The third kappa shape index (κ3) is 4.95. The van der Waals surface area contributed by atoms with Crippen LogP contribution in [0, 0.1) is 0 Å². The highest BCUT2D eigenvalue weighted by Gasteiger charge is 2.15. The fourth-order valence-corrected chi connectivity index (χ4v) is 1.88. The number of nitrogens with one attached hydrogen (secondary N) is 1. The summed E-state index contributed by atoms with van der Waals surface area (Å²) in [7, 11) is 0. The molecule has 0 saturated carbocycles. The van der Waals surface area contributed by atoms with Crippen LogP contribution in [0.3, 0.4) is 0 Å². The number of carbonyl (C=O) groups is 1. The van der Waals surface area contributed by atoms with Crippen LogP contribution < -0.4 is 10.1 Å². The van der Waals surface area contributed by atoms with Crippen LogP contribution in [0.5, 0.6) is 5.75 Å². The first-order valence-electron chi connectivity index (χ1n) is 7.03. The zero-order chi connectivity index (χ0) is 15.3. The Bertz CT molecular complexity index is 600. The Labute approximate surface area is 126 Å². The summed E-state index contributed by atoms with van der Waals surface area (Å²) in [6, 6.07) is 17.2. The SMILES string of the molecule is CC(C)(C)NC(=O)c1cccc(OCc2ccccc2)c1. The summed E-state index contributed by atoms with van der Waals surface area (Å²) in [6.45, 7) is 6.37. The molecule has 0 fully saturated rings. The van der Waals surface area contributed by atoms with E-state index in [0.717, 1.165) is 5.56 Å². The van der Waals surface area contributed by atoms with E-state index in [1.807, 2.05) is 63.2 Å². The zero-order valence-corrected chi connectivity index (χ0v) is 12.7. The molecule has 0 spiro atoms. The quantitative estimate of drug-likeness (QED) is 0.927. The molecule has 1 N–H and O–H groups in total. The van der Waals surface area contributed by atoms with Gasteiger partial charge >= 0.3 is 0 Å². The molecule has 0 heterocycles. The number of hydrogen-bond donors (Lipinski definition) is 1. The van der Waals surface area contributed by atoms with Gasteiger partial charge < -0.3 is 10.1 Å². The summed E-state index contributed by atoms with van der Waals surface area (Å²) in [5.41, 5.74) is 1.45. The minimum absolute atomic E-state index is 0.0901. The first kappa shape index (κ1) is 15.1. The summed E-state index contributed by atoms with van der Waals surface area (Å²) in [5.74, 6) is 0.605. The Hall–Kier alpha value is -2.29. The van der Waals surface area contributed by atoms with Crippen LogP contribution in [-0.2, 0) is 6.61 Å². The van der Waals surface area contributed by atoms with E-state index >= 15 is 0 Å². The molecule has 21 heavy (non-hydrogen) atoms. The van der Waals surface area contributed by atoms with Gasteiger partial charge in [0, 0.05) is 11.1 Å². The predicted molar refractivity (Wildman–Crippen MR) is 84.4 cm³/mol. The van der Waals surface area contributed by atoms with Gasteiger partial charge in [0.1, 0.15) is 12.4 Å². The summed E-state index contributed by atoms with van der Waals surface area (Å²) < 4.78 is 5.73. The number of hydrogen-bond acceptors (Lipinski definition) is 2. The van der Waals surface area contributed by atoms with Crippen molar-refractivity contribution in [3.05, 3.63) is 65.7 Å². The maximum Gasteiger partial charge on any atom is 0.251 e. The minimum atomic E-state index is -0.252. The van der Waals surface area contributed by atoms with Gasteiger partial charge in [0.25, 0.3) is 5.91 Å². The van der Waals surface area contributed by atoms with Crippen LogP contribution in [0.25, 0.3) is 0 Å². The smallest absolute Gasteiger partial charge is 0.251 e. The van der Waals surface area contributed by atoms with E-state index in [-0.39, 0.29) is 11.4 Å². The van der Waals surface area contributed by atoms with Crippen LogP contribution in [0.15, 0.2) is 54.6 Å². The van der Waals surface area contributed by atoms with Crippen molar-refractivity contribution in [3.8, 4) is 5.75 Å². The van der Waals surface area contributed by atoms with Crippen molar-refractivity contribution in [2.75, 3.05) is 0 Å². The van der Waals surface area contributed by atoms with Gasteiger partial charge in [-0.25, -0.2) is 0 Å². The topological polar surface area (TPSA) is 38.3 Å². The van der Waals surface area contributed by atoms with E-state index < -0.39 is 0 Å². The summed E-state index contributed by atoms with van der Waals surface area (Å²) >= 11 is 0. The largest absolute Gasteiger partial charge is 0.489 e. The van der Waals surface area contributed by atoms with Gasteiger partial charge in [-0.2, -0.15) is 0 Å². The number of rotatable bonds is 4. The number of benzene rings is 2. The number of amides is 1. The Morgan fingerprint density at radius 2 is 1.76 bits per heavy atom. The van der Waals surface area contributed by atoms with Crippen LogP contribution in [0.2, 0.25) is 0 Å². The lowest BCUT2D eigenvalue weighted by Crippen LogP contribution is -2.40. The molecule has 0 aliphatic carbocycles. The number of carbonyl (C=O) groups excluding carboxylic acids is 1. The molecule has 2 rings (SSSR count). The van der Waals surface area contributed by atoms with Crippen molar-refractivity contribution < 1.29 is 9.53 Å². The predicted octanol–water partition coefficient (Wildman–Crippen LogP) is 3.79. The normalized spacial score (nSPS) is 11.0. The highest BCUT2D eigenvalue weighted by molar-refractivity contribution is 5.95. The molecule has 0 radical (unpaired) electrons. The second kappa shape index (κ2) is 6.44. The van der Waals surface area contributed by atoms with E-state index in [0.29, 0.717) is 17.9 Å². The molecule has 2 aromatic carbocycles. The van der Waals surface area contributed by atoms with E-state index in [1.165, 1.54) is 0 Å². The van der Waals surface area contributed by atoms with E-state index in [9.17, 15) is 4.79 Å². The molecule has 0 atom stereocenters. The Kier molecular flexibility index (Phi) is 4.63. The molecule has 0 bridgehead atoms. The second-order valence-electron chi connectivity index (χ2n) is 6.01. The monoisotopic (exact) mass is 283 g/mol. The van der Waals surface area contributed by atoms with Gasteiger partial charge in [0.05, 0.1) is 0 Å². The van der Waals surface area contributed by atoms with Crippen molar-refractivity contribution in [3.63, 3.8) is 0 Å². The van der Waals surface area contributed by atoms with Gasteiger partial charge in [-0.15, -0.1) is 0 Å². The molecule has 1 amide bonds. The van der Waals surface area contributed by atoms with Crippen LogP contribution >= 0.6 is 0 Å². The Morgan fingerprint density at radius 3 is 2.43 bits per heavy atom. The van der Waals surface area contributed by atoms with Crippen molar-refractivity contribution in [2.45, 2.75) is 32.9 Å². The lowest BCUT2D eigenvalue weighted by molar-refractivity contribution is 0.0919. The summed E-state index contributed by atoms with van der Waals surface area (Å²) in [5, 5.41) is 2.94. The van der Waals surface area contributed by atoms with E-state index in [4.69, 9.17) is 4.74 Å². The van der Waals surface area contributed by atoms with E-state index in [1.54, 1.807) is 12.1 Å².